The van der Waals surface area contributed by atoms with Gasteiger partial charge in [0.2, 0.25) is 11.1 Å². The number of aromatic nitrogens is 4. The molecular weight excluding hydrogens is 389 g/mol. The first kappa shape index (κ1) is 18.1. The summed E-state index contributed by atoms with van der Waals surface area (Å²) >= 11 is 1.26. The maximum Gasteiger partial charge on any atom is 0.237 e. The van der Waals surface area contributed by atoms with E-state index in [1.54, 1.807) is 11.0 Å². The summed E-state index contributed by atoms with van der Waals surface area (Å²) in [6, 6.07) is 12.5. The Hall–Kier alpha value is -3.00. The Labute approximate surface area is 170 Å². The molecule has 1 aliphatic heterocycles. The molecule has 0 unspecified atom stereocenters. The molecule has 1 aliphatic rings. The third-order valence-corrected chi connectivity index (χ3v) is 6.09. The van der Waals surface area contributed by atoms with Gasteiger partial charge in [-0.3, -0.25) is 4.79 Å². The fourth-order valence-electron chi connectivity index (χ4n) is 3.86. The van der Waals surface area contributed by atoms with E-state index in [2.05, 4.69) is 20.2 Å². The van der Waals surface area contributed by atoms with Crippen molar-refractivity contribution in [2.24, 2.45) is 0 Å². The number of nitrogens with zero attached hydrogens (tertiary/aromatic N) is 4. The smallest absolute Gasteiger partial charge is 0.237 e. The normalized spacial score (nSPS) is 16.3. The number of carbonyl (C=O) groups is 1. The maximum atomic E-state index is 13.6. The van der Waals surface area contributed by atoms with Crippen LogP contribution in [0.1, 0.15) is 18.9 Å². The van der Waals surface area contributed by atoms with Crippen LogP contribution in [0.2, 0.25) is 0 Å². The number of benzene rings is 2. The van der Waals surface area contributed by atoms with Crippen molar-refractivity contribution in [1.82, 2.24) is 20.2 Å². The average molecular weight is 407 g/mol. The zero-order valence-corrected chi connectivity index (χ0v) is 16.5. The third kappa shape index (κ3) is 3.23. The number of halogens is 1. The molecule has 6 nitrogen and oxygen atoms in total. The summed E-state index contributed by atoms with van der Waals surface area (Å²) in [6.07, 6.45) is 1.58. The Bertz CT molecular complexity index is 1240. The third-order valence-electron chi connectivity index (χ3n) is 5.27. The van der Waals surface area contributed by atoms with Gasteiger partial charge in [-0.2, -0.15) is 0 Å². The summed E-state index contributed by atoms with van der Waals surface area (Å²) in [5, 5.41) is 9.89. The molecule has 0 saturated heterocycles. The molecule has 29 heavy (non-hydrogen) atoms. The van der Waals surface area contributed by atoms with Crippen molar-refractivity contribution in [3.8, 4) is 0 Å². The van der Waals surface area contributed by atoms with E-state index in [9.17, 15) is 9.18 Å². The number of nitrogens with one attached hydrogen (secondary N) is 1. The Morgan fingerprint density at radius 3 is 3.03 bits per heavy atom. The zero-order chi connectivity index (χ0) is 20.0. The minimum absolute atomic E-state index is 0.0459. The van der Waals surface area contributed by atoms with E-state index >= 15 is 0 Å². The van der Waals surface area contributed by atoms with Gasteiger partial charge in [0, 0.05) is 22.6 Å². The van der Waals surface area contributed by atoms with Crippen LogP contribution in [0.5, 0.6) is 0 Å². The highest BCUT2D eigenvalue weighted by molar-refractivity contribution is 7.99. The molecule has 4 aromatic rings. The molecule has 8 heteroatoms. The van der Waals surface area contributed by atoms with Gasteiger partial charge in [0.25, 0.3) is 0 Å². The number of fused-ring (bicyclic) bond motifs is 4. The number of aryl methyl sites for hydroxylation is 1. The monoisotopic (exact) mass is 407 g/mol. The van der Waals surface area contributed by atoms with Gasteiger partial charge in [-0.1, -0.05) is 30.0 Å². The van der Waals surface area contributed by atoms with Gasteiger partial charge in [0.15, 0.2) is 5.65 Å². The van der Waals surface area contributed by atoms with Crippen molar-refractivity contribution in [3.63, 3.8) is 0 Å². The predicted molar refractivity (Wildman–Crippen MR) is 112 cm³/mol. The number of amides is 1. The lowest BCUT2D eigenvalue weighted by Gasteiger charge is -2.35. The summed E-state index contributed by atoms with van der Waals surface area (Å²) in [4.78, 5) is 22.5. The molecule has 0 radical (unpaired) electrons. The standard InChI is InChI=1S/C21H18FN5OS/c1-12-6-7-13-10-14(22)8-9-17(13)27(12)18(28)11-29-21-24-20-19(25-26-21)15-4-2-3-5-16(15)23-20/h2-5,8-10,12H,6-7,11H2,1H3,(H,23,24,26)/t12-/m1/s1. The van der Waals surface area contributed by atoms with Crippen molar-refractivity contribution in [1.29, 1.82) is 0 Å². The van der Waals surface area contributed by atoms with Gasteiger partial charge in [0.05, 0.1) is 5.75 Å². The molecule has 146 valence electrons. The Morgan fingerprint density at radius 1 is 1.28 bits per heavy atom. The molecule has 2 aromatic carbocycles. The van der Waals surface area contributed by atoms with Crippen molar-refractivity contribution >= 4 is 45.4 Å². The second kappa shape index (κ2) is 7.11. The zero-order valence-electron chi connectivity index (χ0n) is 15.7. The molecule has 0 fully saturated rings. The van der Waals surface area contributed by atoms with Crippen LogP contribution >= 0.6 is 11.8 Å². The molecule has 5 rings (SSSR count). The second-order valence-corrected chi connectivity index (χ2v) is 8.12. The van der Waals surface area contributed by atoms with E-state index in [1.807, 2.05) is 31.2 Å². The summed E-state index contributed by atoms with van der Waals surface area (Å²) in [5.41, 5.74) is 3.99. The molecule has 2 aromatic heterocycles. The van der Waals surface area contributed by atoms with Crippen molar-refractivity contribution in [2.45, 2.75) is 31.0 Å². The molecule has 1 amide bonds. The first-order chi connectivity index (χ1) is 14.1. The highest BCUT2D eigenvalue weighted by Crippen LogP contribution is 2.32. The number of aromatic amines is 1. The summed E-state index contributed by atoms with van der Waals surface area (Å²) < 4.78 is 13.6. The molecular formula is C21H18FN5OS. The lowest BCUT2D eigenvalue weighted by Crippen LogP contribution is -2.43. The van der Waals surface area contributed by atoms with Gasteiger partial charge >= 0.3 is 0 Å². The van der Waals surface area contributed by atoms with Crippen LogP contribution in [0.4, 0.5) is 10.1 Å². The van der Waals surface area contributed by atoms with Crippen LogP contribution in [0.3, 0.4) is 0 Å². The van der Waals surface area contributed by atoms with Crippen LogP contribution < -0.4 is 4.90 Å². The fraction of sp³-hybridized carbons (Fsp3) is 0.238. The lowest BCUT2D eigenvalue weighted by molar-refractivity contribution is -0.116. The molecule has 0 aliphatic carbocycles. The molecule has 1 atom stereocenters. The van der Waals surface area contributed by atoms with Gasteiger partial charge in [-0.25, -0.2) is 9.37 Å². The predicted octanol–water partition coefficient (Wildman–Crippen LogP) is 4.11. The van der Waals surface area contributed by atoms with E-state index < -0.39 is 0 Å². The summed E-state index contributed by atoms with van der Waals surface area (Å²) in [5.74, 6) is -0.129. The molecule has 0 bridgehead atoms. The summed E-state index contributed by atoms with van der Waals surface area (Å²) in [7, 11) is 0. The van der Waals surface area contributed by atoms with Crippen LogP contribution in [-0.4, -0.2) is 37.9 Å². The van der Waals surface area contributed by atoms with E-state index in [1.165, 1.54) is 23.9 Å². The lowest BCUT2D eigenvalue weighted by atomic mass is 9.96. The van der Waals surface area contributed by atoms with Gasteiger partial charge in [-0.05, 0) is 49.6 Å². The second-order valence-electron chi connectivity index (χ2n) is 7.18. The number of anilines is 1. The molecule has 3 heterocycles. The van der Waals surface area contributed by atoms with E-state index in [0.717, 1.165) is 40.5 Å². The van der Waals surface area contributed by atoms with Gasteiger partial charge < -0.3 is 9.88 Å². The molecule has 0 saturated carbocycles. The SMILES string of the molecule is C[C@@H]1CCc2cc(F)ccc2N1C(=O)CSc1nnc2c(n1)[nH]c1ccccc12. The van der Waals surface area contributed by atoms with Crippen LogP contribution in [0.25, 0.3) is 22.1 Å². The maximum absolute atomic E-state index is 13.6. The van der Waals surface area contributed by atoms with Crippen molar-refractivity contribution in [3.05, 3.63) is 53.8 Å². The Kier molecular flexibility index (Phi) is 4.43. The highest BCUT2D eigenvalue weighted by Gasteiger charge is 2.28. The van der Waals surface area contributed by atoms with Gasteiger partial charge in [0.1, 0.15) is 11.3 Å². The largest absolute Gasteiger partial charge is 0.338 e. The number of carbonyl (C=O) groups excluding carboxylic acids is 1. The van der Waals surface area contributed by atoms with Crippen LogP contribution in [-0.2, 0) is 11.2 Å². The van der Waals surface area contributed by atoms with Gasteiger partial charge in [-0.15, -0.1) is 10.2 Å². The minimum Gasteiger partial charge on any atom is -0.338 e. The Balaban J connectivity index is 1.37. The molecule has 0 spiro atoms. The number of H-pyrrole nitrogens is 1. The van der Waals surface area contributed by atoms with Crippen molar-refractivity contribution in [2.75, 3.05) is 10.7 Å². The first-order valence-corrected chi connectivity index (χ1v) is 10.4. The molecule has 1 N–H and O–H groups in total. The number of para-hydroxylation sites is 1. The topological polar surface area (TPSA) is 74.8 Å². The number of rotatable bonds is 3. The van der Waals surface area contributed by atoms with E-state index in [-0.39, 0.29) is 23.5 Å². The van der Waals surface area contributed by atoms with E-state index in [0.29, 0.717) is 10.8 Å². The fourth-order valence-corrected chi connectivity index (χ4v) is 4.51. The minimum atomic E-state index is -0.272. The number of hydrogen-bond donors (Lipinski definition) is 1. The number of hydrogen-bond acceptors (Lipinski definition) is 5. The van der Waals surface area contributed by atoms with Crippen LogP contribution in [0.15, 0.2) is 47.6 Å². The first-order valence-electron chi connectivity index (χ1n) is 9.44. The number of thioether (sulfide) groups is 1. The highest BCUT2D eigenvalue weighted by atomic mass is 32.2. The summed E-state index contributed by atoms with van der Waals surface area (Å²) in [6.45, 7) is 2.02. The van der Waals surface area contributed by atoms with E-state index in [4.69, 9.17) is 0 Å². The average Bonchev–Trinajstić information content (AvgIpc) is 3.10. The Morgan fingerprint density at radius 2 is 2.14 bits per heavy atom. The van der Waals surface area contributed by atoms with Crippen LogP contribution in [0, 0.1) is 5.82 Å². The quantitative estimate of drug-likeness (QED) is 0.518. The van der Waals surface area contributed by atoms with Crippen molar-refractivity contribution < 1.29 is 9.18 Å².